The van der Waals surface area contributed by atoms with Gasteiger partial charge in [0.15, 0.2) is 5.76 Å². The third-order valence-corrected chi connectivity index (χ3v) is 5.41. The van der Waals surface area contributed by atoms with E-state index in [0.29, 0.717) is 37.6 Å². The molecule has 1 N–H and O–H groups in total. The van der Waals surface area contributed by atoms with Crippen LogP contribution in [-0.2, 0) is 13.0 Å². The van der Waals surface area contributed by atoms with E-state index in [1.807, 2.05) is 53.6 Å². The third-order valence-electron chi connectivity index (χ3n) is 5.41. The Labute approximate surface area is 164 Å². The van der Waals surface area contributed by atoms with Crippen molar-refractivity contribution in [2.45, 2.75) is 31.9 Å². The number of amides is 1. The zero-order valence-corrected chi connectivity index (χ0v) is 15.8. The zero-order valence-electron chi connectivity index (χ0n) is 15.8. The molecule has 6 nitrogen and oxygen atoms in total. The van der Waals surface area contributed by atoms with E-state index in [2.05, 4.69) is 5.10 Å². The average molecular weight is 379 g/mol. The molecule has 28 heavy (non-hydrogen) atoms. The highest BCUT2D eigenvalue weighted by atomic mass is 16.4. The number of aliphatic hydroxyl groups excluding tert-OH is 1. The second-order valence-corrected chi connectivity index (χ2v) is 7.36. The van der Waals surface area contributed by atoms with Crippen LogP contribution in [-0.4, -0.2) is 44.9 Å². The molecule has 1 aliphatic rings. The van der Waals surface area contributed by atoms with Crippen LogP contribution in [0.3, 0.4) is 0 Å². The summed E-state index contributed by atoms with van der Waals surface area (Å²) in [6.07, 6.45) is 5.47. The summed E-state index contributed by atoms with van der Waals surface area (Å²) in [5.74, 6) is 1.21. The minimum absolute atomic E-state index is 0.0808. The highest BCUT2D eigenvalue weighted by molar-refractivity contribution is 5.91. The summed E-state index contributed by atoms with van der Waals surface area (Å²) in [5.41, 5.74) is 1.15. The Balaban J connectivity index is 1.30. The van der Waals surface area contributed by atoms with E-state index in [0.717, 1.165) is 18.4 Å². The van der Waals surface area contributed by atoms with Gasteiger partial charge in [-0.15, -0.1) is 0 Å². The van der Waals surface area contributed by atoms with Gasteiger partial charge in [0, 0.05) is 25.5 Å². The lowest BCUT2D eigenvalue weighted by atomic mass is 9.88. The van der Waals surface area contributed by atoms with Crippen LogP contribution in [0.5, 0.6) is 0 Å². The van der Waals surface area contributed by atoms with Gasteiger partial charge in [0.2, 0.25) is 0 Å². The molecule has 1 atom stereocenters. The number of likely N-dealkylation sites (tertiary alicyclic amines) is 1. The van der Waals surface area contributed by atoms with Gasteiger partial charge in [-0.25, -0.2) is 0 Å². The van der Waals surface area contributed by atoms with Crippen LogP contribution in [0.4, 0.5) is 0 Å². The molecule has 0 spiro atoms. The third kappa shape index (κ3) is 4.34. The SMILES string of the molecule is O=C(c1ccc(Cn2cccn2)o1)N1CCC(C(O)Cc2ccccc2)CC1. The molecule has 0 saturated carbocycles. The lowest BCUT2D eigenvalue weighted by Gasteiger charge is -2.34. The fraction of sp³-hybridized carbons (Fsp3) is 0.364. The van der Waals surface area contributed by atoms with Crippen molar-refractivity contribution in [3.8, 4) is 0 Å². The van der Waals surface area contributed by atoms with E-state index >= 15 is 0 Å². The van der Waals surface area contributed by atoms with Crippen LogP contribution in [0.15, 0.2) is 65.3 Å². The quantitative estimate of drug-likeness (QED) is 0.715. The number of hydrogen-bond acceptors (Lipinski definition) is 4. The molecule has 1 amide bonds. The molecule has 0 bridgehead atoms. The van der Waals surface area contributed by atoms with Crippen molar-refractivity contribution < 1.29 is 14.3 Å². The normalized spacial score (nSPS) is 16.2. The van der Waals surface area contributed by atoms with Crippen molar-refractivity contribution in [1.29, 1.82) is 0 Å². The van der Waals surface area contributed by atoms with E-state index in [1.54, 1.807) is 16.9 Å². The Hall–Kier alpha value is -2.86. The molecule has 1 aliphatic heterocycles. The first-order valence-electron chi connectivity index (χ1n) is 9.76. The summed E-state index contributed by atoms with van der Waals surface area (Å²) < 4.78 is 7.48. The van der Waals surface area contributed by atoms with Gasteiger partial charge in [-0.3, -0.25) is 9.48 Å². The first-order chi connectivity index (χ1) is 13.7. The summed E-state index contributed by atoms with van der Waals surface area (Å²) in [6.45, 7) is 1.79. The Morgan fingerprint density at radius 1 is 1.14 bits per heavy atom. The maximum Gasteiger partial charge on any atom is 0.289 e. The van der Waals surface area contributed by atoms with Crippen molar-refractivity contribution in [2.75, 3.05) is 13.1 Å². The number of aromatic nitrogens is 2. The summed E-state index contributed by atoms with van der Waals surface area (Å²) in [6, 6.07) is 15.5. The molecular formula is C22H25N3O3. The molecule has 3 aromatic rings. The summed E-state index contributed by atoms with van der Waals surface area (Å²) in [4.78, 5) is 14.6. The number of piperidine rings is 1. The fourth-order valence-electron chi connectivity index (χ4n) is 3.80. The Bertz CT molecular complexity index is 881. The number of carbonyl (C=O) groups excluding carboxylic acids is 1. The van der Waals surface area contributed by atoms with Crippen LogP contribution in [0.2, 0.25) is 0 Å². The lowest BCUT2D eigenvalue weighted by molar-refractivity contribution is 0.0446. The van der Waals surface area contributed by atoms with Crippen LogP contribution >= 0.6 is 0 Å². The van der Waals surface area contributed by atoms with E-state index in [1.165, 1.54) is 0 Å². The number of aliphatic hydroxyl groups is 1. The summed E-state index contributed by atoms with van der Waals surface area (Å²) in [7, 11) is 0. The lowest BCUT2D eigenvalue weighted by Crippen LogP contribution is -2.41. The van der Waals surface area contributed by atoms with Crippen LogP contribution < -0.4 is 0 Å². The first-order valence-corrected chi connectivity index (χ1v) is 9.76. The van der Waals surface area contributed by atoms with E-state index in [-0.39, 0.29) is 17.9 Å². The van der Waals surface area contributed by atoms with Crippen molar-refractivity contribution in [1.82, 2.24) is 14.7 Å². The number of benzene rings is 1. The molecule has 0 aliphatic carbocycles. The van der Waals surface area contributed by atoms with Crippen molar-refractivity contribution in [3.05, 3.63) is 78.0 Å². The van der Waals surface area contributed by atoms with Gasteiger partial charge in [0.05, 0.1) is 12.6 Å². The molecule has 1 fully saturated rings. The first kappa shape index (κ1) is 18.5. The number of nitrogens with zero attached hydrogens (tertiary/aromatic N) is 3. The monoisotopic (exact) mass is 379 g/mol. The molecule has 1 aromatic carbocycles. The Kier molecular flexibility index (Phi) is 5.58. The van der Waals surface area contributed by atoms with Gasteiger partial charge in [-0.05, 0) is 48.9 Å². The minimum atomic E-state index is -0.371. The predicted molar refractivity (Wildman–Crippen MR) is 105 cm³/mol. The standard InChI is InChI=1S/C22H25N3O3/c26-20(15-17-5-2-1-3-6-17)18-9-13-24(14-10-18)22(27)21-8-7-19(28-21)16-25-12-4-11-23-25/h1-8,11-12,18,20,26H,9-10,13-16H2. The average Bonchev–Trinajstić information content (AvgIpc) is 3.41. The highest BCUT2D eigenvalue weighted by Gasteiger charge is 2.29. The van der Waals surface area contributed by atoms with Gasteiger partial charge in [0.25, 0.3) is 5.91 Å². The summed E-state index contributed by atoms with van der Waals surface area (Å²) >= 11 is 0. The maximum absolute atomic E-state index is 12.7. The molecule has 146 valence electrons. The van der Waals surface area contributed by atoms with E-state index in [4.69, 9.17) is 4.42 Å². The molecule has 1 saturated heterocycles. The van der Waals surface area contributed by atoms with Gasteiger partial charge in [-0.1, -0.05) is 30.3 Å². The van der Waals surface area contributed by atoms with E-state index < -0.39 is 0 Å². The second kappa shape index (κ2) is 8.44. The van der Waals surface area contributed by atoms with Crippen molar-refractivity contribution in [3.63, 3.8) is 0 Å². The van der Waals surface area contributed by atoms with Crippen LogP contribution in [0, 0.1) is 5.92 Å². The fourth-order valence-corrected chi connectivity index (χ4v) is 3.80. The largest absolute Gasteiger partial charge is 0.454 e. The number of rotatable bonds is 6. The van der Waals surface area contributed by atoms with Crippen LogP contribution in [0.1, 0.15) is 34.7 Å². The highest BCUT2D eigenvalue weighted by Crippen LogP contribution is 2.24. The van der Waals surface area contributed by atoms with Gasteiger partial charge in [0.1, 0.15) is 5.76 Å². The number of carbonyl (C=O) groups is 1. The second-order valence-electron chi connectivity index (χ2n) is 7.36. The molecule has 3 heterocycles. The maximum atomic E-state index is 12.7. The topological polar surface area (TPSA) is 71.5 Å². The number of furan rings is 1. The van der Waals surface area contributed by atoms with E-state index in [9.17, 15) is 9.90 Å². The predicted octanol–water partition coefficient (Wildman–Crippen LogP) is 2.98. The smallest absolute Gasteiger partial charge is 0.289 e. The van der Waals surface area contributed by atoms with Gasteiger partial charge < -0.3 is 14.4 Å². The van der Waals surface area contributed by atoms with Gasteiger partial charge >= 0.3 is 0 Å². The molecule has 4 rings (SSSR count). The molecule has 0 radical (unpaired) electrons. The number of hydrogen-bond donors (Lipinski definition) is 1. The molecule has 6 heteroatoms. The minimum Gasteiger partial charge on any atom is -0.454 e. The van der Waals surface area contributed by atoms with Crippen LogP contribution in [0.25, 0.3) is 0 Å². The summed E-state index contributed by atoms with van der Waals surface area (Å²) in [5, 5.41) is 14.7. The van der Waals surface area contributed by atoms with Crippen molar-refractivity contribution in [2.24, 2.45) is 5.92 Å². The Morgan fingerprint density at radius 3 is 2.64 bits per heavy atom. The van der Waals surface area contributed by atoms with Gasteiger partial charge in [-0.2, -0.15) is 5.10 Å². The molecule has 2 aromatic heterocycles. The van der Waals surface area contributed by atoms with Crippen molar-refractivity contribution >= 4 is 5.91 Å². The Morgan fingerprint density at radius 2 is 1.93 bits per heavy atom. The molecular weight excluding hydrogens is 354 g/mol. The molecule has 1 unspecified atom stereocenters. The zero-order chi connectivity index (χ0) is 19.3.